The maximum Gasteiger partial charge on any atom is 0.405 e. The molecule has 6 rings (SSSR count). The lowest BCUT2D eigenvalue weighted by molar-refractivity contribution is -0.140. The first kappa shape index (κ1) is 47.0. The van der Waals surface area contributed by atoms with Gasteiger partial charge in [0.25, 0.3) is 5.91 Å². The minimum atomic E-state index is -3.81. The fourth-order valence-electron chi connectivity index (χ4n) is 7.13. The van der Waals surface area contributed by atoms with Crippen LogP contribution in [0.5, 0.6) is 11.6 Å². The van der Waals surface area contributed by atoms with E-state index < -0.39 is 56.5 Å². The third-order valence-corrected chi connectivity index (χ3v) is 11.8. The van der Waals surface area contributed by atoms with Crippen molar-refractivity contribution in [1.29, 1.82) is 0 Å². The number of hydrogen-bond acceptors (Lipinski definition) is 10. The van der Waals surface area contributed by atoms with E-state index in [1.54, 1.807) is 39.0 Å². The molecule has 57 heavy (non-hydrogen) atoms. The lowest BCUT2D eigenvalue weighted by Crippen LogP contribution is -2.56. The summed E-state index contributed by atoms with van der Waals surface area (Å²) in [5.41, 5.74) is 2.87. The molecule has 0 spiro atoms. The molecule has 1 aromatic carbocycles. The van der Waals surface area contributed by atoms with Crippen molar-refractivity contribution in [2.75, 3.05) is 13.7 Å². The van der Waals surface area contributed by atoms with E-state index in [1.165, 1.54) is 0 Å². The highest BCUT2D eigenvalue weighted by atomic mass is 32.2. The second-order valence-electron chi connectivity index (χ2n) is 15.9. The molecule has 4 aliphatic rings. The zero-order valence-electron chi connectivity index (χ0n) is 35.4. The molecule has 3 heterocycles. The highest BCUT2D eigenvalue weighted by Gasteiger charge is 2.62. The first-order valence-corrected chi connectivity index (χ1v) is 21.9. The number of fused-ring (bicyclic) bond motifs is 3. The predicted molar refractivity (Wildman–Crippen MR) is 227 cm³/mol. The third-order valence-electron chi connectivity index (χ3n) is 9.99. The van der Waals surface area contributed by atoms with E-state index in [4.69, 9.17) is 15.2 Å². The molecular weight excluding hydrogens is 751 g/mol. The molecule has 2 aliphatic heterocycles. The molecule has 2 saturated carbocycles. The van der Waals surface area contributed by atoms with Crippen LogP contribution in [0.1, 0.15) is 118 Å². The summed E-state index contributed by atoms with van der Waals surface area (Å²) in [5.74, 6) is -0.0901. The second-order valence-corrected chi connectivity index (χ2v) is 17.8. The van der Waals surface area contributed by atoms with Gasteiger partial charge in [0, 0.05) is 34.6 Å². The number of pyridine rings is 1. The molecule has 2 aromatic rings. The van der Waals surface area contributed by atoms with Crippen LogP contribution in [0.3, 0.4) is 0 Å². The van der Waals surface area contributed by atoms with E-state index in [0.717, 1.165) is 30.0 Å². The molecule has 0 radical (unpaired) electrons. The lowest BCUT2D eigenvalue weighted by Gasteiger charge is -2.27. The Bertz CT molecular complexity index is 1860. The number of carbonyl (C=O) groups excluding carboxylic acids is 4. The van der Waals surface area contributed by atoms with Crippen LogP contribution in [0, 0.1) is 17.8 Å². The molecule has 1 saturated heterocycles. The number of sulfonamides is 1. The summed E-state index contributed by atoms with van der Waals surface area (Å²) in [6, 6.07) is 6.54. The van der Waals surface area contributed by atoms with Crippen LogP contribution in [0.2, 0.25) is 0 Å². The monoisotopic (exact) mass is 821 g/mol. The fourth-order valence-corrected chi connectivity index (χ4v) is 8.49. The molecule has 4 N–H and O–H groups in total. The van der Waals surface area contributed by atoms with Crippen molar-refractivity contribution in [3.8, 4) is 11.6 Å². The predicted octanol–water partition coefficient (Wildman–Crippen LogP) is 7.15. The van der Waals surface area contributed by atoms with Crippen LogP contribution in [0.25, 0.3) is 10.8 Å². The van der Waals surface area contributed by atoms with Gasteiger partial charge < -0.3 is 30.2 Å². The van der Waals surface area contributed by atoms with Gasteiger partial charge in [0.05, 0.1) is 18.9 Å². The van der Waals surface area contributed by atoms with Crippen molar-refractivity contribution in [3.63, 3.8) is 0 Å². The number of rotatable bonds is 6. The van der Waals surface area contributed by atoms with Gasteiger partial charge >= 0.3 is 6.09 Å². The summed E-state index contributed by atoms with van der Waals surface area (Å²) < 4.78 is 43.9. The molecule has 0 bridgehead atoms. The van der Waals surface area contributed by atoms with Gasteiger partial charge in [-0.15, -0.1) is 0 Å². The molecule has 14 nitrogen and oxygen atoms in total. The maximum absolute atomic E-state index is 14.0. The second kappa shape index (κ2) is 20.3. The molecule has 324 valence electrons. The van der Waals surface area contributed by atoms with Crippen molar-refractivity contribution in [2.45, 2.75) is 142 Å². The zero-order valence-corrected chi connectivity index (χ0v) is 36.2. The van der Waals surface area contributed by atoms with Crippen LogP contribution >= 0.6 is 0 Å². The number of benzene rings is 1. The summed E-state index contributed by atoms with van der Waals surface area (Å²) in [6.07, 6.45) is 8.75. The average Bonchev–Trinajstić information content (AvgIpc) is 4.07. The molecule has 15 heteroatoms. The van der Waals surface area contributed by atoms with Crippen LogP contribution < -0.4 is 25.2 Å². The summed E-state index contributed by atoms with van der Waals surface area (Å²) in [7, 11) is -2.21. The fraction of sp³-hybridized carbons (Fsp3) is 0.643. The lowest BCUT2D eigenvalue weighted by atomic mass is 9.91. The number of primary amides is 1. The van der Waals surface area contributed by atoms with Gasteiger partial charge in [-0.2, -0.15) is 0 Å². The number of aromatic nitrogens is 1. The van der Waals surface area contributed by atoms with Gasteiger partial charge in [0.1, 0.15) is 29.0 Å². The Balaban J connectivity index is 0.00000207. The number of nitrogens with one attached hydrogen (secondary N) is 2. The van der Waals surface area contributed by atoms with Crippen LogP contribution in [-0.4, -0.2) is 84.3 Å². The number of nitrogens with two attached hydrogens (primary N) is 1. The molecule has 6 atom stereocenters. The molecule has 4 amide bonds. The summed E-state index contributed by atoms with van der Waals surface area (Å²) in [5, 5.41) is 4.00. The van der Waals surface area contributed by atoms with Gasteiger partial charge in [-0.25, -0.2) is 18.2 Å². The Labute approximate surface area is 343 Å². The largest absolute Gasteiger partial charge is 0.497 e. The molecule has 1 aromatic heterocycles. The number of hydrogen-bond donors (Lipinski definition) is 3. The minimum absolute atomic E-state index is 0. The number of methoxy groups -OCH3 is 1. The maximum atomic E-state index is 14.0. The van der Waals surface area contributed by atoms with E-state index >= 15 is 0 Å². The van der Waals surface area contributed by atoms with Crippen molar-refractivity contribution < 1.29 is 46.1 Å². The van der Waals surface area contributed by atoms with Crippen molar-refractivity contribution >= 4 is 44.6 Å². The van der Waals surface area contributed by atoms with Crippen molar-refractivity contribution in [1.82, 2.24) is 19.9 Å². The van der Waals surface area contributed by atoms with Crippen LogP contribution in [0.15, 0.2) is 42.6 Å². The minimum Gasteiger partial charge on any atom is -0.497 e. The van der Waals surface area contributed by atoms with Crippen molar-refractivity contribution in [3.05, 3.63) is 42.6 Å². The zero-order chi connectivity index (χ0) is 42.7. The average molecular weight is 822 g/mol. The Kier molecular flexibility index (Phi) is 16.8. The Hall–Kier alpha value is -4.40. The van der Waals surface area contributed by atoms with Gasteiger partial charge in [0.15, 0.2) is 0 Å². The molecule has 0 unspecified atom stereocenters. The molecule has 3 fully saturated rings. The molecular formula is C42H71N5O9S. The van der Waals surface area contributed by atoms with E-state index in [0.29, 0.717) is 30.4 Å². The van der Waals surface area contributed by atoms with E-state index in [-0.39, 0.29) is 47.8 Å². The first-order valence-electron chi connectivity index (χ1n) is 20.3. The number of carbonyl (C=O) groups is 4. The van der Waals surface area contributed by atoms with Crippen LogP contribution in [-0.2, 0) is 29.1 Å². The first-order chi connectivity index (χ1) is 26.9. The highest BCUT2D eigenvalue weighted by Crippen LogP contribution is 2.46. The van der Waals surface area contributed by atoms with E-state index in [2.05, 4.69) is 33.6 Å². The van der Waals surface area contributed by atoms with Crippen LogP contribution in [0.4, 0.5) is 4.79 Å². The summed E-state index contributed by atoms with van der Waals surface area (Å²) in [4.78, 5) is 57.3. The number of amides is 4. The number of nitrogens with zero attached hydrogens (tertiary/aromatic N) is 2. The summed E-state index contributed by atoms with van der Waals surface area (Å²) in [6.45, 7) is 17.7. The smallest absolute Gasteiger partial charge is 0.405 e. The Morgan fingerprint density at radius 2 is 1.72 bits per heavy atom. The quantitative estimate of drug-likeness (QED) is 0.252. The van der Waals surface area contributed by atoms with Gasteiger partial charge in [-0.1, -0.05) is 53.7 Å². The SMILES string of the molecule is CC.CC.CC(C)(C)OC(N)=O.COc1ccc2c(O[C@@H]3C[C@H]4C(=O)N[C@]5(C(=O)NS(=O)(=O)C6CC6)C[C@H]5/C=C\CC[C@@H](C)C[C@@H](C)CC(=O)N4C3)nccc2c1.[HH].[HH].[HH]. The topological polar surface area (TPSA) is 196 Å². The Morgan fingerprint density at radius 1 is 1.04 bits per heavy atom. The Morgan fingerprint density at radius 3 is 2.32 bits per heavy atom. The van der Waals surface area contributed by atoms with E-state index in [9.17, 15) is 27.6 Å². The van der Waals surface area contributed by atoms with Gasteiger partial charge in [-0.05, 0) is 101 Å². The van der Waals surface area contributed by atoms with Gasteiger partial charge in [-0.3, -0.25) is 19.1 Å². The number of allylic oxidation sites excluding steroid dienone is 1. The summed E-state index contributed by atoms with van der Waals surface area (Å²) >= 11 is 0. The molecule has 2 aliphatic carbocycles. The number of ether oxygens (including phenoxy) is 3. The highest BCUT2D eigenvalue weighted by molar-refractivity contribution is 7.91. The standard InChI is InChI=1S/C33H42N4O7S.C5H11NO2.2C2H6.3H2/c1-20-6-4-5-7-23-18-33(23,32(40)36-45(41,42)26-9-10-26)35-30(39)28-17-25(19-37(28)29(38)15-21(2)14-20)44-31-27-11-8-24(43-3)16-22(27)12-13-34-31;1-5(2,3)8-4(6)7;2*1-2;;;/h5,7-8,11-13,16,20-21,23,25-26,28H,4,6,9-10,14-15,17-19H2,1-3H3,(H,35,39)(H,36,40);1-3H3,(H2,6,7);2*1-2H3;3*1H/b7-5-;;;;;;/t20-,21-,23-,25-,28+,33-;;;;;;/m1....../s1. The third kappa shape index (κ3) is 13.1. The normalized spacial score (nSPS) is 26.6. The van der Waals surface area contributed by atoms with E-state index in [1.807, 2.05) is 64.1 Å². The van der Waals surface area contributed by atoms with Crippen molar-refractivity contribution in [2.24, 2.45) is 23.5 Å². The van der Waals surface area contributed by atoms with Gasteiger partial charge in [0.2, 0.25) is 27.7 Å².